The minimum Gasteiger partial charge on any atom is -0.409 e. The molecule has 0 aliphatic rings. The zero-order valence-electron chi connectivity index (χ0n) is 9.25. The normalized spacial score (nSPS) is 13.9. The van der Waals surface area contributed by atoms with Gasteiger partial charge in [0.25, 0.3) is 0 Å². The lowest BCUT2D eigenvalue weighted by molar-refractivity contribution is 0.316. The Bertz CT molecular complexity index is 346. The molecule has 0 aliphatic heterocycles. The molecule has 0 spiro atoms. The SMILES string of the molecule is CC(CC(N)=NO)N(C)c1nccn1C. The Labute approximate surface area is 89.0 Å². The highest BCUT2D eigenvalue weighted by Crippen LogP contribution is 2.12. The molecule has 0 aliphatic carbocycles. The molecule has 0 radical (unpaired) electrons. The molecular weight excluding hydrogens is 194 g/mol. The molecule has 15 heavy (non-hydrogen) atoms. The van der Waals surface area contributed by atoms with Crippen LogP contribution in [-0.2, 0) is 7.05 Å². The maximum Gasteiger partial charge on any atom is 0.205 e. The standard InChI is InChI=1S/C9H17N5O/c1-7(6-8(10)12-15)14(3)9-11-4-5-13(9)2/h4-5,7,15H,6H2,1-3H3,(H2,10,12). The number of oxime groups is 1. The third-order valence-electron chi connectivity index (χ3n) is 2.41. The Morgan fingerprint density at radius 1 is 1.80 bits per heavy atom. The van der Waals surface area contributed by atoms with Crippen LogP contribution in [0.15, 0.2) is 17.5 Å². The van der Waals surface area contributed by atoms with Crippen molar-refractivity contribution in [2.24, 2.45) is 17.9 Å². The number of hydrogen-bond acceptors (Lipinski definition) is 4. The van der Waals surface area contributed by atoms with Gasteiger partial charge in [-0.2, -0.15) is 0 Å². The van der Waals surface area contributed by atoms with Gasteiger partial charge in [-0.3, -0.25) is 0 Å². The second kappa shape index (κ2) is 4.68. The average Bonchev–Trinajstić information content (AvgIpc) is 2.63. The van der Waals surface area contributed by atoms with Crippen LogP contribution < -0.4 is 10.6 Å². The van der Waals surface area contributed by atoms with Crippen molar-refractivity contribution in [2.45, 2.75) is 19.4 Å². The first kappa shape index (κ1) is 11.4. The number of aromatic nitrogens is 2. The molecule has 1 rings (SSSR count). The Morgan fingerprint density at radius 2 is 2.47 bits per heavy atom. The lowest BCUT2D eigenvalue weighted by Crippen LogP contribution is -2.34. The summed E-state index contributed by atoms with van der Waals surface area (Å²) in [6.07, 6.45) is 4.12. The minimum absolute atomic E-state index is 0.127. The maximum atomic E-state index is 8.47. The Hall–Kier alpha value is -1.72. The number of nitrogens with zero attached hydrogens (tertiary/aromatic N) is 4. The zero-order chi connectivity index (χ0) is 11.4. The molecule has 6 heteroatoms. The van der Waals surface area contributed by atoms with Crippen molar-refractivity contribution in [3.63, 3.8) is 0 Å². The van der Waals surface area contributed by atoms with Crippen LogP contribution in [0.2, 0.25) is 0 Å². The minimum atomic E-state index is 0.127. The number of hydrogen-bond donors (Lipinski definition) is 2. The summed E-state index contributed by atoms with van der Waals surface area (Å²) < 4.78 is 1.92. The second-order valence-corrected chi connectivity index (χ2v) is 3.59. The van der Waals surface area contributed by atoms with Gasteiger partial charge >= 0.3 is 0 Å². The van der Waals surface area contributed by atoms with E-state index in [9.17, 15) is 0 Å². The molecule has 1 unspecified atom stereocenters. The molecule has 3 N–H and O–H groups in total. The van der Waals surface area contributed by atoms with Crippen molar-refractivity contribution in [2.75, 3.05) is 11.9 Å². The third-order valence-corrected chi connectivity index (χ3v) is 2.41. The van der Waals surface area contributed by atoms with Crippen LogP contribution >= 0.6 is 0 Å². The fraction of sp³-hybridized carbons (Fsp3) is 0.556. The number of nitrogens with two attached hydrogens (primary N) is 1. The molecule has 0 saturated carbocycles. The molecule has 84 valence electrons. The summed E-state index contributed by atoms with van der Waals surface area (Å²) in [5, 5.41) is 11.4. The molecule has 0 bridgehead atoms. The van der Waals surface area contributed by atoms with Crippen molar-refractivity contribution >= 4 is 11.8 Å². The van der Waals surface area contributed by atoms with Gasteiger partial charge < -0.3 is 20.4 Å². The van der Waals surface area contributed by atoms with Gasteiger partial charge in [-0.05, 0) is 6.92 Å². The third kappa shape index (κ3) is 2.61. The van der Waals surface area contributed by atoms with E-state index in [1.165, 1.54) is 0 Å². The highest BCUT2D eigenvalue weighted by molar-refractivity contribution is 5.80. The van der Waals surface area contributed by atoms with Gasteiger partial charge in [-0.15, -0.1) is 0 Å². The van der Waals surface area contributed by atoms with E-state index in [2.05, 4.69) is 10.1 Å². The van der Waals surface area contributed by atoms with E-state index in [-0.39, 0.29) is 11.9 Å². The average molecular weight is 211 g/mol. The Morgan fingerprint density at radius 3 is 2.93 bits per heavy atom. The number of rotatable bonds is 4. The van der Waals surface area contributed by atoms with E-state index < -0.39 is 0 Å². The van der Waals surface area contributed by atoms with Gasteiger partial charge in [-0.1, -0.05) is 5.16 Å². The monoisotopic (exact) mass is 211 g/mol. The topological polar surface area (TPSA) is 79.7 Å². The van der Waals surface area contributed by atoms with Crippen LogP contribution in [-0.4, -0.2) is 33.7 Å². The van der Waals surface area contributed by atoms with Crippen LogP contribution in [0.4, 0.5) is 5.95 Å². The molecule has 6 nitrogen and oxygen atoms in total. The fourth-order valence-electron chi connectivity index (χ4n) is 1.38. The second-order valence-electron chi connectivity index (χ2n) is 3.59. The molecule has 1 aromatic heterocycles. The van der Waals surface area contributed by atoms with E-state index in [0.717, 1.165) is 5.95 Å². The summed E-state index contributed by atoms with van der Waals surface area (Å²) in [6.45, 7) is 1.99. The highest BCUT2D eigenvalue weighted by Gasteiger charge is 2.14. The fourth-order valence-corrected chi connectivity index (χ4v) is 1.38. The maximum absolute atomic E-state index is 8.47. The molecule has 1 heterocycles. The van der Waals surface area contributed by atoms with Crippen LogP contribution in [0.25, 0.3) is 0 Å². The summed E-state index contributed by atoms with van der Waals surface area (Å²) in [4.78, 5) is 6.20. The van der Waals surface area contributed by atoms with E-state index >= 15 is 0 Å². The van der Waals surface area contributed by atoms with Gasteiger partial charge in [0, 0.05) is 39.0 Å². The van der Waals surface area contributed by atoms with Gasteiger partial charge in [0.1, 0.15) is 5.84 Å². The molecular formula is C9H17N5O. The summed E-state index contributed by atoms with van der Waals surface area (Å²) in [6, 6.07) is 0.127. The molecule has 1 aromatic rings. The highest BCUT2D eigenvalue weighted by atomic mass is 16.4. The summed E-state index contributed by atoms with van der Waals surface area (Å²) in [5.41, 5.74) is 5.45. The van der Waals surface area contributed by atoms with E-state index in [0.29, 0.717) is 6.42 Å². The quantitative estimate of drug-likeness (QED) is 0.326. The summed E-state index contributed by atoms with van der Waals surface area (Å²) in [7, 11) is 3.85. The first-order chi connectivity index (χ1) is 7.06. The van der Waals surface area contributed by atoms with E-state index in [1.807, 2.05) is 36.7 Å². The van der Waals surface area contributed by atoms with Gasteiger partial charge in [0.2, 0.25) is 5.95 Å². The number of amidine groups is 1. The summed E-state index contributed by atoms with van der Waals surface area (Å²) >= 11 is 0. The van der Waals surface area contributed by atoms with E-state index in [4.69, 9.17) is 10.9 Å². The van der Waals surface area contributed by atoms with Crippen LogP contribution in [0.3, 0.4) is 0 Å². The first-order valence-electron chi connectivity index (χ1n) is 4.72. The molecule has 0 aromatic carbocycles. The van der Waals surface area contributed by atoms with Crippen molar-refractivity contribution < 1.29 is 5.21 Å². The van der Waals surface area contributed by atoms with Gasteiger partial charge in [0.05, 0.1) is 0 Å². The van der Waals surface area contributed by atoms with Gasteiger partial charge in [-0.25, -0.2) is 4.98 Å². The van der Waals surface area contributed by atoms with Crippen LogP contribution in [0.5, 0.6) is 0 Å². The zero-order valence-corrected chi connectivity index (χ0v) is 9.25. The molecule has 0 fully saturated rings. The lowest BCUT2D eigenvalue weighted by Gasteiger charge is -2.25. The Kier molecular flexibility index (Phi) is 3.54. The van der Waals surface area contributed by atoms with E-state index in [1.54, 1.807) is 6.20 Å². The van der Waals surface area contributed by atoms with Crippen LogP contribution in [0, 0.1) is 0 Å². The largest absolute Gasteiger partial charge is 0.409 e. The van der Waals surface area contributed by atoms with Crippen molar-refractivity contribution in [1.82, 2.24) is 9.55 Å². The number of aryl methyl sites for hydroxylation is 1. The Balaban J connectivity index is 2.69. The predicted octanol–water partition coefficient (Wildman–Crippen LogP) is 0.381. The molecule has 0 amide bonds. The summed E-state index contributed by atoms with van der Waals surface area (Å²) in [5.74, 6) is 1.08. The predicted molar refractivity (Wildman–Crippen MR) is 59.1 cm³/mol. The van der Waals surface area contributed by atoms with Crippen LogP contribution in [0.1, 0.15) is 13.3 Å². The van der Waals surface area contributed by atoms with Crippen molar-refractivity contribution in [1.29, 1.82) is 0 Å². The first-order valence-corrected chi connectivity index (χ1v) is 4.72. The molecule has 0 saturated heterocycles. The number of anilines is 1. The van der Waals surface area contributed by atoms with Crippen molar-refractivity contribution in [3.05, 3.63) is 12.4 Å². The smallest absolute Gasteiger partial charge is 0.205 e. The molecule has 1 atom stereocenters. The van der Waals surface area contributed by atoms with Crippen molar-refractivity contribution in [3.8, 4) is 0 Å². The lowest BCUT2D eigenvalue weighted by atomic mass is 10.2. The van der Waals surface area contributed by atoms with Gasteiger partial charge in [0.15, 0.2) is 0 Å². The number of imidazole rings is 1.